The molecule has 0 unspecified atom stereocenters. The number of hydrogen-bond donors (Lipinski definition) is 2. The van der Waals surface area contributed by atoms with Gasteiger partial charge in [-0.05, 0) is 37.0 Å². The second-order valence-corrected chi connectivity index (χ2v) is 6.55. The highest BCUT2D eigenvalue weighted by atomic mass is 16.1. The Morgan fingerprint density at radius 2 is 1.96 bits per heavy atom. The Hall–Kier alpha value is -2.36. The van der Waals surface area contributed by atoms with Gasteiger partial charge in [-0.1, -0.05) is 43.5 Å². The van der Waals surface area contributed by atoms with Crippen LogP contribution in [-0.4, -0.2) is 16.9 Å². The van der Waals surface area contributed by atoms with Crippen molar-refractivity contribution in [2.45, 2.75) is 51.6 Å². The van der Waals surface area contributed by atoms with E-state index >= 15 is 0 Å². The molecule has 0 aliphatic heterocycles. The molecule has 3 rings (SSSR count). The van der Waals surface area contributed by atoms with Crippen LogP contribution in [0.3, 0.4) is 0 Å². The Morgan fingerprint density at radius 1 is 1.17 bits per heavy atom. The Bertz CT molecular complexity index is 693. The summed E-state index contributed by atoms with van der Waals surface area (Å²) < 4.78 is 0. The maximum Gasteiger partial charge on any atom is 0.253 e. The van der Waals surface area contributed by atoms with Crippen LogP contribution in [0.15, 0.2) is 42.7 Å². The lowest BCUT2D eigenvalue weighted by atomic mass is 9.95. The van der Waals surface area contributed by atoms with Gasteiger partial charge in [-0.25, -0.2) is 0 Å². The number of nitrogens with one attached hydrogen (secondary N) is 2. The van der Waals surface area contributed by atoms with Gasteiger partial charge in [0, 0.05) is 25.0 Å². The minimum absolute atomic E-state index is 0.0851. The lowest BCUT2D eigenvalue weighted by molar-refractivity contribution is 0.0950. The molecule has 0 bridgehead atoms. The molecule has 1 fully saturated rings. The summed E-state index contributed by atoms with van der Waals surface area (Å²) in [6, 6.07) is 10.5. The number of aromatic nitrogens is 1. The van der Waals surface area contributed by atoms with Crippen molar-refractivity contribution in [1.82, 2.24) is 10.3 Å². The molecule has 2 N–H and O–H groups in total. The van der Waals surface area contributed by atoms with Gasteiger partial charge in [0.2, 0.25) is 0 Å². The highest BCUT2D eigenvalue weighted by Crippen LogP contribution is 2.21. The van der Waals surface area contributed by atoms with Crippen molar-refractivity contribution in [2.24, 2.45) is 0 Å². The first-order valence-corrected chi connectivity index (χ1v) is 8.76. The van der Waals surface area contributed by atoms with Crippen molar-refractivity contribution < 1.29 is 4.79 Å². The van der Waals surface area contributed by atoms with Crippen LogP contribution in [0.1, 0.15) is 53.6 Å². The van der Waals surface area contributed by atoms with Gasteiger partial charge in [-0.3, -0.25) is 9.78 Å². The number of aryl methyl sites for hydroxylation is 1. The highest BCUT2D eigenvalue weighted by molar-refractivity contribution is 5.94. The smallest absolute Gasteiger partial charge is 0.253 e. The number of benzene rings is 1. The van der Waals surface area contributed by atoms with Crippen molar-refractivity contribution in [1.29, 1.82) is 0 Å². The van der Waals surface area contributed by atoms with Gasteiger partial charge in [0.1, 0.15) is 0 Å². The van der Waals surface area contributed by atoms with Crippen LogP contribution >= 0.6 is 0 Å². The zero-order chi connectivity index (χ0) is 16.8. The maximum absolute atomic E-state index is 12.4. The van der Waals surface area contributed by atoms with E-state index in [4.69, 9.17) is 0 Å². The Kier molecular flexibility index (Phi) is 5.47. The van der Waals surface area contributed by atoms with Gasteiger partial charge in [0.25, 0.3) is 5.91 Å². The zero-order valence-corrected chi connectivity index (χ0v) is 14.2. The van der Waals surface area contributed by atoms with Crippen LogP contribution in [0.4, 0.5) is 5.69 Å². The molecule has 1 saturated carbocycles. The van der Waals surface area contributed by atoms with Crippen LogP contribution < -0.4 is 10.6 Å². The van der Waals surface area contributed by atoms with Gasteiger partial charge in [-0.2, -0.15) is 0 Å². The fourth-order valence-corrected chi connectivity index (χ4v) is 3.21. The quantitative estimate of drug-likeness (QED) is 0.872. The van der Waals surface area contributed by atoms with Crippen LogP contribution in [0, 0.1) is 6.92 Å². The summed E-state index contributed by atoms with van der Waals surface area (Å²) in [5.74, 6) is -0.0851. The topological polar surface area (TPSA) is 54.0 Å². The van der Waals surface area contributed by atoms with Crippen LogP contribution in [0.2, 0.25) is 0 Å². The van der Waals surface area contributed by atoms with E-state index in [9.17, 15) is 4.79 Å². The van der Waals surface area contributed by atoms with Gasteiger partial charge in [-0.15, -0.1) is 0 Å². The normalized spacial score (nSPS) is 15.0. The predicted octanol–water partition coefficient (Wildman–Crippen LogP) is 4.06. The zero-order valence-electron chi connectivity index (χ0n) is 14.2. The Balaban J connectivity index is 1.60. The summed E-state index contributed by atoms with van der Waals surface area (Å²) in [5.41, 5.74) is 3.86. The number of carbonyl (C=O) groups excluding carboxylic acids is 1. The van der Waals surface area contributed by atoms with E-state index in [1.807, 2.05) is 24.3 Å². The van der Waals surface area contributed by atoms with Gasteiger partial charge < -0.3 is 10.6 Å². The first-order valence-electron chi connectivity index (χ1n) is 8.76. The van der Waals surface area contributed by atoms with Crippen LogP contribution in [0.5, 0.6) is 0 Å². The van der Waals surface area contributed by atoms with Gasteiger partial charge in [0.15, 0.2) is 0 Å². The van der Waals surface area contributed by atoms with Gasteiger partial charge >= 0.3 is 0 Å². The summed E-state index contributed by atoms with van der Waals surface area (Å²) in [6.07, 6.45) is 9.71. The van der Waals surface area contributed by atoms with E-state index in [0.717, 1.165) is 11.3 Å². The number of anilines is 1. The molecule has 1 heterocycles. The van der Waals surface area contributed by atoms with Crippen LogP contribution in [0.25, 0.3) is 0 Å². The lowest BCUT2D eigenvalue weighted by Crippen LogP contribution is -2.25. The molecule has 24 heavy (non-hydrogen) atoms. The largest absolute Gasteiger partial charge is 0.381 e. The molecule has 0 saturated heterocycles. The average Bonchev–Trinajstić information content (AvgIpc) is 2.62. The minimum Gasteiger partial charge on any atom is -0.381 e. The Morgan fingerprint density at radius 3 is 2.75 bits per heavy atom. The molecule has 1 aromatic carbocycles. The average molecular weight is 323 g/mol. The first kappa shape index (κ1) is 16.5. The second-order valence-electron chi connectivity index (χ2n) is 6.55. The van der Waals surface area contributed by atoms with Crippen molar-refractivity contribution in [3.05, 3.63) is 59.4 Å². The van der Waals surface area contributed by atoms with Crippen molar-refractivity contribution >= 4 is 11.6 Å². The number of hydrogen-bond acceptors (Lipinski definition) is 3. The lowest BCUT2D eigenvalue weighted by Gasteiger charge is -2.23. The van der Waals surface area contributed by atoms with Gasteiger partial charge in [0.05, 0.1) is 11.3 Å². The van der Waals surface area contributed by atoms with E-state index < -0.39 is 0 Å². The van der Waals surface area contributed by atoms with Crippen molar-refractivity contribution in [3.63, 3.8) is 0 Å². The third-order valence-electron chi connectivity index (χ3n) is 4.68. The second kappa shape index (κ2) is 7.95. The standard InChI is InChI=1S/C20H25N3O/c1-15-7-5-6-8-16(15)13-22-20(24)17-11-19(14-21-12-17)23-18-9-3-2-4-10-18/h5-8,11-12,14,18,23H,2-4,9-10,13H2,1H3,(H,22,24). The van der Waals surface area contributed by atoms with E-state index in [2.05, 4.69) is 28.6 Å². The summed E-state index contributed by atoms with van der Waals surface area (Å²) in [7, 11) is 0. The summed E-state index contributed by atoms with van der Waals surface area (Å²) >= 11 is 0. The third-order valence-corrected chi connectivity index (χ3v) is 4.68. The summed E-state index contributed by atoms with van der Waals surface area (Å²) in [4.78, 5) is 16.6. The van der Waals surface area contributed by atoms with Crippen LogP contribution in [-0.2, 0) is 6.54 Å². The molecule has 1 aliphatic rings. The number of carbonyl (C=O) groups is 1. The van der Waals surface area contributed by atoms with Crippen molar-refractivity contribution in [2.75, 3.05) is 5.32 Å². The third kappa shape index (κ3) is 4.34. The fourth-order valence-electron chi connectivity index (χ4n) is 3.21. The van der Waals surface area contributed by atoms with E-state index in [0.29, 0.717) is 18.2 Å². The molecular formula is C20H25N3O. The maximum atomic E-state index is 12.4. The molecule has 0 atom stereocenters. The fraction of sp³-hybridized carbons (Fsp3) is 0.400. The molecule has 4 nitrogen and oxygen atoms in total. The number of amides is 1. The Labute approximate surface area is 143 Å². The molecule has 0 radical (unpaired) electrons. The molecular weight excluding hydrogens is 298 g/mol. The molecule has 126 valence electrons. The molecule has 0 spiro atoms. The molecule has 1 amide bonds. The number of rotatable bonds is 5. The monoisotopic (exact) mass is 323 g/mol. The predicted molar refractivity (Wildman–Crippen MR) is 97.1 cm³/mol. The SMILES string of the molecule is Cc1ccccc1CNC(=O)c1cncc(NC2CCCCC2)c1. The van der Waals surface area contributed by atoms with E-state index in [1.54, 1.807) is 12.4 Å². The van der Waals surface area contributed by atoms with E-state index in [-0.39, 0.29) is 5.91 Å². The molecule has 1 aliphatic carbocycles. The number of pyridine rings is 1. The summed E-state index contributed by atoms with van der Waals surface area (Å²) in [5, 5.41) is 6.50. The molecule has 2 aromatic rings. The van der Waals surface area contributed by atoms with E-state index in [1.165, 1.54) is 37.7 Å². The highest BCUT2D eigenvalue weighted by Gasteiger charge is 2.14. The number of nitrogens with zero attached hydrogens (tertiary/aromatic N) is 1. The molecule has 1 aromatic heterocycles. The minimum atomic E-state index is -0.0851. The molecule has 4 heteroatoms. The first-order chi connectivity index (χ1) is 11.7. The van der Waals surface area contributed by atoms with Crippen molar-refractivity contribution in [3.8, 4) is 0 Å². The summed E-state index contributed by atoms with van der Waals surface area (Å²) in [6.45, 7) is 2.59.